The normalized spacial score (nSPS) is 11.3. The molecule has 4 nitrogen and oxygen atoms in total. The summed E-state index contributed by atoms with van der Waals surface area (Å²) in [7, 11) is 0. The number of carbonyl (C=O) groups excluding carboxylic acids is 1. The summed E-state index contributed by atoms with van der Waals surface area (Å²) in [5, 5.41) is 6.06. The Kier molecular flexibility index (Phi) is 5.68. The van der Waals surface area contributed by atoms with Gasteiger partial charge in [-0.25, -0.2) is 5.43 Å². The van der Waals surface area contributed by atoms with E-state index in [2.05, 4.69) is 34.2 Å². The molecule has 0 radical (unpaired) electrons. The predicted octanol–water partition coefficient (Wildman–Crippen LogP) is 5.72. The molecule has 1 aromatic heterocycles. The summed E-state index contributed by atoms with van der Waals surface area (Å²) in [5.74, 6) is -0.229. The number of fused-ring (bicyclic) bond motifs is 1. The molecule has 1 N–H and O–H groups in total. The number of benzene rings is 3. The van der Waals surface area contributed by atoms with E-state index in [1.807, 2.05) is 61.5 Å². The molecule has 0 bridgehead atoms. The summed E-state index contributed by atoms with van der Waals surface area (Å²) in [6.45, 7) is 4.67. The molecule has 0 saturated heterocycles. The van der Waals surface area contributed by atoms with Crippen LogP contribution in [0.5, 0.6) is 0 Å². The van der Waals surface area contributed by atoms with Gasteiger partial charge in [-0.2, -0.15) is 5.10 Å². The van der Waals surface area contributed by atoms with Gasteiger partial charge in [0, 0.05) is 39.3 Å². The summed E-state index contributed by atoms with van der Waals surface area (Å²) in [4.78, 5) is 12.4. The van der Waals surface area contributed by atoms with Crippen LogP contribution in [0.1, 0.15) is 32.7 Å². The highest BCUT2D eigenvalue weighted by atomic mass is 35.5. The van der Waals surface area contributed by atoms with Crippen LogP contribution >= 0.6 is 11.6 Å². The van der Waals surface area contributed by atoms with Gasteiger partial charge in [0.15, 0.2) is 0 Å². The molecule has 4 aromatic rings. The van der Waals surface area contributed by atoms with Crippen LogP contribution in [-0.2, 0) is 6.54 Å². The molecular formula is C25H22ClN3O. The number of halogens is 1. The van der Waals surface area contributed by atoms with Crippen molar-refractivity contribution in [3.63, 3.8) is 0 Å². The van der Waals surface area contributed by atoms with E-state index in [0.29, 0.717) is 12.1 Å². The standard InChI is InChI=1S/C25H22ClN3O/c1-17-8-7-10-19(14-17)25(30)28-27-15-22-18(2)29(24-13-6-4-11-21(22)24)16-20-9-3-5-12-23(20)26/h3-15H,16H2,1-2H3,(H,28,30)/b27-15-. The monoisotopic (exact) mass is 415 g/mol. The number of hydrogen-bond acceptors (Lipinski definition) is 2. The SMILES string of the molecule is Cc1cccc(C(=O)N/N=C\c2c(C)n(Cc3ccccc3Cl)c3ccccc23)c1. The highest BCUT2D eigenvalue weighted by Crippen LogP contribution is 2.27. The number of hydrazone groups is 1. The van der Waals surface area contributed by atoms with Crippen LogP contribution in [0.15, 0.2) is 77.9 Å². The number of para-hydroxylation sites is 1. The molecule has 3 aromatic carbocycles. The molecule has 0 spiro atoms. The first-order valence-electron chi connectivity index (χ1n) is 9.76. The van der Waals surface area contributed by atoms with Crippen LogP contribution < -0.4 is 5.43 Å². The lowest BCUT2D eigenvalue weighted by molar-refractivity contribution is 0.0955. The summed E-state index contributed by atoms with van der Waals surface area (Å²) >= 11 is 6.39. The average molecular weight is 416 g/mol. The Bertz CT molecular complexity index is 1260. The van der Waals surface area contributed by atoms with Gasteiger partial charge in [0.2, 0.25) is 0 Å². The van der Waals surface area contributed by atoms with E-state index in [1.54, 1.807) is 12.3 Å². The summed E-state index contributed by atoms with van der Waals surface area (Å²) in [6.07, 6.45) is 1.72. The fourth-order valence-electron chi connectivity index (χ4n) is 3.63. The Morgan fingerprint density at radius 1 is 1.03 bits per heavy atom. The molecule has 0 unspecified atom stereocenters. The fourth-order valence-corrected chi connectivity index (χ4v) is 3.82. The van der Waals surface area contributed by atoms with Crippen molar-refractivity contribution < 1.29 is 4.79 Å². The largest absolute Gasteiger partial charge is 0.340 e. The molecule has 0 aliphatic carbocycles. The van der Waals surface area contributed by atoms with Crippen molar-refractivity contribution in [1.29, 1.82) is 0 Å². The maximum absolute atomic E-state index is 12.4. The van der Waals surface area contributed by atoms with E-state index in [9.17, 15) is 4.79 Å². The summed E-state index contributed by atoms with van der Waals surface area (Å²) in [5.41, 5.74) is 8.44. The molecular weight excluding hydrogens is 394 g/mol. The zero-order chi connectivity index (χ0) is 21.1. The van der Waals surface area contributed by atoms with E-state index in [0.717, 1.165) is 38.3 Å². The van der Waals surface area contributed by atoms with Gasteiger partial charge in [0.05, 0.1) is 6.21 Å². The third-order valence-corrected chi connectivity index (χ3v) is 5.57. The second-order valence-electron chi connectivity index (χ2n) is 7.26. The van der Waals surface area contributed by atoms with Crippen molar-refractivity contribution in [3.05, 3.63) is 106 Å². The number of hydrogen-bond donors (Lipinski definition) is 1. The zero-order valence-corrected chi connectivity index (χ0v) is 17.6. The van der Waals surface area contributed by atoms with Gasteiger partial charge in [-0.1, -0.05) is 65.7 Å². The maximum atomic E-state index is 12.4. The third kappa shape index (κ3) is 4.00. The van der Waals surface area contributed by atoms with E-state index < -0.39 is 0 Å². The van der Waals surface area contributed by atoms with Crippen LogP contribution in [-0.4, -0.2) is 16.7 Å². The van der Waals surface area contributed by atoms with Crippen molar-refractivity contribution in [2.45, 2.75) is 20.4 Å². The number of nitrogens with one attached hydrogen (secondary N) is 1. The number of nitrogens with zero attached hydrogens (tertiary/aromatic N) is 2. The van der Waals surface area contributed by atoms with Crippen molar-refractivity contribution in [1.82, 2.24) is 9.99 Å². The van der Waals surface area contributed by atoms with E-state index in [1.165, 1.54) is 0 Å². The van der Waals surface area contributed by atoms with Crippen molar-refractivity contribution >= 4 is 34.6 Å². The summed E-state index contributed by atoms with van der Waals surface area (Å²) < 4.78 is 2.22. The van der Waals surface area contributed by atoms with Gasteiger partial charge in [0.1, 0.15) is 0 Å². The van der Waals surface area contributed by atoms with Crippen LogP contribution in [0, 0.1) is 13.8 Å². The van der Waals surface area contributed by atoms with Gasteiger partial charge in [0.25, 0.3) is 5.91 Å². The average Bonchev–Trinajstić information content (AvgIpc) is 3.01. The molecule has 4 rings (SSSR count). The molecule has 30 heavy (non-hydrogen) atoms. The third-order valence-electron chi connectivity index (χ3n) is 5.21. The lowest BCUT2D eigenvalue weighted by atomic mass is 10.1. The molecule has 0 aliphatic rings. The van der Waals surface area contributed by atoms with Crippen LogP contribution in [0.4, 0.5) is 0 Å². The lowest BCUT2D eigenvalue weighted by Crippen LogP contribution is -2.17. The second kappa shape index (κ2) is 8.56. The Balaban J connectivity index is 1.64. The Labute approximate surface area is 180 Å². The van der Waals surface area contributed by atoms with Gasteiger partial charge < -0.3 is 4.57 Å². The second-order valence-corrected chi connectivity index (χ2v) is 7.67. The molecule has 0 saturated carbocycles. The van der Waals surface area contributed by atoms with E-state index in [4.69, 9.17) is 11.6 Å². The Morgan fingerprint density at radius 2 is 1.80 bits per heavy atom. The molecule has 0 aliphatic heterocycles. The van der Waals surface area contributed by atoms with Crippen LogP contribution in [0.2, 0.25) is 5.02 Å². The number of aromatic nitrogens is 1. The fraction of sp³-hybridized carbons (Fsp3) is 0.120. The van der Waals surface area contributed by atoms with Gasteiger partial charge >= 0.3 is 0 Å². The lowest BCUT2D eigenvalue weighted by Gasteiger charge is -2.10. The molecule has 0 fully saturated rings. The Hall–Kier alpha value is -3.37. The topological polar surface area (TPSA) is 46.4 Å². The quantitative estimate of drug-likeness (QED) is 0.328. The minimum Gasteiger partial charge on any atom is -0.340 e. The molecule has 1 heterocycles. The number of amides is 1. The molecule has 0 atom stereocenters. The first-order valence-corrected chi connectivity index (χ1v) is 10.1. The molecule has 5 heteroatoms. The zero-order valence-electron chi connectivity index (χ0n) is 16.9. The van der Waals surface area contributed by atoms with E-state index >= 15 is 0 Å². The van der Waals surface area contributed by atoms with Gasteiger partial charge in [-0.05, 0) is 43.7 Å². The van der Waals surface area contributed by atoms with E-state index in [-0.39, 0.29) is 5.91 Å². The smallest absolute Gasteiger partial charge is 0.271 e. The van der Waals surface area contributed by atoms with Crippen molar-refractivity contribution in [2.75, 3.05) is 0 Å². The number of rotatable bonds is 5. The summed E-state index contributed by atoms with van der Waals surface area (Å²) in [6, 6.07) is 23.5. The Morgan fingerprint density at radius 3 is 2.60 bits per heavy atom. The van der Waals surface area contributed by atoms with Crippen molar-refractivity contribution in [2.24, 2.45) is 5.10 Å². The van der Waals surface area contributed by atoms with Gasteiger partial charge in [-0.15, -0.1) is 0 Å². The number of aryl methyl sites for hydroxylation is 1. The first-order chi connectivity index (χ1) is 14.5. The highest BCUT2D eigenvalue weighted by Gasteiger charge is 2.14. The van der Waals surface area contributed by atoms with Crippen LogP contribution in [0.3, 0.4) is 0 Å². The predicted molar refractivity (Wildman–Crippen MR) is 123 cm³/mol. The number of carbonyl (C=O) groups is 1. The minimum atomic E-state index is -0.229. The highest BCUT2D eigenvalue weighted by molar-refractivity contribution is 6.31. The first kappa shape index (κ1) is 19.9. The van der Waals surface area contributed by atoms with Gasteiger partial charge in [-0.3, -0.25) is 4.79 Å². The van der Waals surface area contributed by atoms with Crippen LogP contribution in [0.25, 0.3) is 10.9 Å². The maximum Gasteiger partial charge on any atom is 0.271 e. The minimum absolute atomic E-state index is 0.229. The van der Waals surface area contributed by atoms with Crippen molar-refractivity contribution in [3.8, 4) is 0 Å². The molecule has 1 amide bonds. The molecule has 150 valence electrons.